The Hall–Kier alpha value is -3.39. The van der Waals surface area contributed by atoms with Gasteiger partial charge in [-0.05, 0) is 79.6 Å². The second-order valence-electron chi connectivity index (χ2n) is 9.27. The van der Waals surface area contributed by atoms with Gasteiger partial charge in [-0.3, -0.25) is 9.52 Å². The number of rotatable bonds is 8. The lowest BCUT2D eigenvalue weighted by molar-refractivity contribution is 0.0951. The molecule has 2 aromatic carbocycles. The molecule has 0 atom stereocenters. The van der Waals surface area contributed by atoms with Gasteiger partial charge in [0, 0.05) is 17.7 Å². The van der Waals surface area contributed by atoms with Crippen molar-refractivity contribution in [3.8, 4) is 11.6 Å². The zero-order chi connectivity index (χ0) is 24.3. The molecule has 2 fully saturated rings. The lowest BCUT2D eigenvalue weighted by Crippen LogP contribution is -2.25. The summed E-state index contributed by atoms with van der Waals surface area (Å²) in [4.78, 5) is 16.5. The van der Waals surface area contributed by atoms with Gasteiger partial charge in [0.05, 0.1) is 16.8 Å². The number of ether oxygens (including phenoxy) is 1. The van der Waals surface area contributed by atoms with Gasteiger partial charge in [0.2, 0.25) is 5.88 Å². The van der Waals surface area contributed by atoms with E-state index in [0.29, 0.717) is 34.8 Å². The maximum absolute atomic E-state index is 12.8. The molecule has 2 aliphatic carbocycles. The monoisotopic (exact) mass is 491 g/mol. The Morgan fingerprint density at radius 3 is 2.20 bits per heavy atom. The van der Waals surface area contributed by atoms with Crippen LogP contribution in [0.3, 0.4) is 0 Å². The number of anilines is 1. The van der Waals surface area contributed by atoms with Crippen molar-refractivity contribution < 1.29 is 17.9 Å². The Morgan fingerprint density at radius 2 is 1.57 bits per heavy atom. The largest absolute Gasteiger partial charge is 0.439 e. The van der Waals surface area contributed by atoms with Crippen LogP contribution in [0.5, 0.6) is 11.6 Å². The van der Waals surface area contributed by atoms with Gasteiger partial charge in [-0.2, -0.15) is 0 Å². The SMILES string of the molecule is O=C(NC1CC1)c1ccc(Oc2ccc(NS(=O)(=O)c3ccc(C4CCCCC4)cc3)cn2)cc1. The van der Waals surface area contributed by atoms with Crippen molar-refractivity contribution in [1.82, 2.24) is 10.3 Å². The highest BCUT2D eigenvalue weighted by molar-refractivity contribution is 7.92. The van der Waals surface area contributed by atoms with Crippen LogP contribution in [0.4, 0.5) is 5.69 Å². The van der Waals surface area contributed by atoms with Gasteiger partial charge in [0.1, 0.15) is 5.75 Å². The van der Waals surface area contributed by atoms with Crippen LogP contribution in [0.25, 0.3) is 0 Å². The number of carbonyl (C=O) groups excluding carboxylic acids is 1. The van der Waals surface area contributed by atoms with Gasteiger partial charge in [0.15, 0.2) is 0 Å². The van der Waals surface area contributed by atoms with Crippen LogP contribution in [0.15, 0.2) is 71.8 Å². The Balaban J connectivity index is 1.18. The van der Waals surface area contributed by atoms with Gasteiger partial charge in [-0.25, -0.2) is 13.4 Å². The van der Waals surface area contributed by atoms with Crippen LogP contribution < -0.4 is 14.8 Å². The molecule has 2 saturated carbocycles. The molecule has 0 saturated heterocycles. The fraction of sp³-hybridized carbons (Fsp3) is 0.333. The van der Waals surface area contributed by atoms with Crippen LogP contribution in [0.1, 0.15) is 66.8 Å². The maximum Gasteiger partial charge on any atom is 0.261 e. The summed E-state index contributed by atoms with van der Waals surface area (Å²) in [6.07, 6.45) is 9.60. The van der Waals surface area contributed by atoms with Gasteiger partial charge >= 0.3 is 0 Å². The predicted octanol–water partition coefficient (Wildman–Crippen LogP) is 5.61. The van der Waals surface area contributed by atoms with E-state index >= 15 is 0 Å². The average Bonchev–Trinajstić information content (AvgIpc) is 3.70. The van der Waals surface area contributed by atoms with E-state index in [1.807, 2.05) is 12.1 Å². The number of nitrogens with one attached hydrogen (secondary N) is 2. The predicted molar refractivity (Wildman–Crippen MR) is 134 cm³/mol. The molecule has 3 aromatic rings. The van der Waals surface area contributed by atoms with Crippen molar-refractivity contribution in [3.63, 3.8) is 0 Å². The highest BCUT2D eigenvalue weighted by Crippen LogP contribution is 2.33. The van der Waals surface area contributed by atoms with Crippen molar-refractivity contribution in [1.29, 1.82) is 0 Å². The topological polar surface area (TPSA) is 97.4 Å². The van der Waals surface area contributed by atoms with Crippen molar-refractivity contribution in [2.24, 2.45) is 0 Å². The molecule has 1 aromatic heterocycles. The number of amides is 1. The van der Waals surface area contributed by atoms with Gasteiger partial charge in [-0.1, -0.05) is 31.4 Å². The first-order chi connectivity index (χ1) is 17.0. The second kappa shape index (κ2) is 10.1. The molecule has 0 bridgehead atoms. The van der Waals surface area contributed by atoms with E-state index in [4.69, 9.17) is 4.74 Å². The van der Waals surface area contributed by atoms with Crippen molar-refractivity contribution in [3.05, 3.63) is 78.0 Å². The number of nitrogens with zero attached hydrogens (tertiary/aromatic N) is 1. The molecule has 0 radical (unpaired) electrons. The van der Waals surface area contributed by atoms with Crippen molar-refractivity contribution in [2.75, 3.05) is 4.72 Å². The number of aromatic nitrogens is 1. The molecule has 182 valence electrons. The van der Waals surface area contributed by atoms with Crippen LogP contribution >= 0.6 is 0 Å². The zero-order valence-corrected chi connectivity index (χ0v) is 20.3. The third kappa shape index (κ3) is 6.00. The number of benzene rings is 2. The summed E-state index contributed by atoms with van der Waals surface area (Å²) in [5, 5.41) is 2.95. The first-order valence-electron chi connectivity index (χ1n) is 12.1. The fourth-order valence-electron chi connectivity index (χ4n) is 4.36. The number of sulfonamides is 1. The molecule has 1 heterocycles. The molecule has 0 spiro atoms. The summed E-state index contributed by atoms with van der Waals surface area (Å²) in [6, 6.07) is 17.5. The molecule has 7 nitrogen and oxygen atoms in total. The first kappa shape index (κ1) is 23.4. The van der Waals surface area contributed by atoms with Gasteiger partial charge < -0.3 is 10.1 Å². The van der Waals surface area contributed by atoms with Gasteiger partial charge in [-0.15, -0.1) is 0 Å². The molecule has 5 rings (SSSR count). The molecule has 2 aliphatic rings. The van der Waals surface area contributed by atoms with Crippen LogP contribution in [-0.2, 0) is 10.0 Å². The standard InChI is InChI=1S/C27H29N3O4S/c31-27(29-22-10-11-22)21-6-13-24(14-7-21)34-26-17-12-23(18-28-26)30-35(32,33)25-15-8-20(9-16-25)19-4-2-1-3-5-19/h6-9,12-19,22,30H,1-5,10-11H2,(H,29,31). The van der Waals surface area contributed by atoms with E-state index in [9.17, 15) is 13.2 Å². The molecular weight excluding hydrogens is 462 g/mol. The van der Waals surface area contributed by atoms with E-state index in [1.54, 1.807) is 48.5 Å². The minimum absolute atomic E-state index is 0.0857. The number of hydrogen-bond donors (Lipinski definition) is 2. The molecule has 0 aliphatic heterocycles. The third-order valence-electron chi connectivity index (χ3n) is 6.51. The van der Waals surface area contributed by atoms with E-state index in [0.717, 1.165) is 12.8 Å². The number of pyridine rings is 1. The number of hydrogen-bond acceptors (Lipinski definition) is 5. The smallest absolute Gasteiger partial charge is 0.261 e. The van der Waals surface area contributed by atoms with Crippen molar-refractivity contribution in [2.45, 2.75) is 61.8 Å². The second-order valence-corrected chi connectivity index (χ2v) is 11.0. The Bertz CT molecular complexity index is 1260. The highest BCUT2D eigenvalue weighted by Gasteiger charge is 2.23. The summed E-state index contributed by atoms with van der Waals surface area (Å²) in [7, 11) is -3.72. The third-order valence-corrected chi connectivity index (χ3v) is 7.90. The van der Waals surface area contributed by atoms with E-state index in [-0.39, 0.29) is 10.8 Å². The minimum atomic E-state index is -3.72. The first-order valence-corrected chi connectivity index (χ1v) is 13.6. The maximum atomic E-state index is 12.8. The lowest BCUT2D eigenvalue weighted by Gasteiger charge is -2.22. The van der Waals surface area contributed by atoms with Crippen LogP contribution in [0.2, 0.25) is 0 Å². The molecule has 2 N–H and O–H groups in total. The number of carbonyl (C=O) groups is 1. The van der Waals surface area contributed by atoms with E-state index in [2.05, 4.69) is 15.0 Å². The zero-order valence-electron chi connectivity index (χ0n) is 19.4. The fourth-order valence-corrected chi connectivity index (χ4v) is 5.40. The average molecular weight is 492 g/mol. The summed E-state index contributed by atoms with van der Waals surface area (Å²) in [5.74, 6) is 1.30. The molecule has 8 heteroatoms. The van der Waals surface area contributed by atoms with E-state index < -0.39 is 10.0 Å². The van der Waals surface area contributed by atoms with Gasteiger partial charge in [0.25, 0.3) is 15.9 Å². The Morgan fingerprint density at radius 1 is 0.857 bits per heavy atom. The Kier molecular flexibility index (Phi) is 6.72. The highest BCUT2D eigenvalue weighted by atomic mass is 32.2. The summed E-state index contributed by atoms with van der Waals surface area (Å²) in [6.45, 7) is 0. The van der Waals surface area contributed by atoms with Crippen LogP contribution in [0, 0.1) is 0 Å². The lowest BCUT2D eigenvalue weighted by atomic mass is 9.84. The van der Waals surface area contributed by atoms with E-state index in [1.165, 1.54) is 43.9 Å². The van der Waals surface area contributed by atoms with Crippen LogP contribution in [-0.4, -0.2) is 25.4 Å². The Labute approximate surface area is 206 Å². The summed E-state index contributed by atoms with van der Waals surface area (Å²) < 4.78 is 33.9. The quantitative estimate of drug-likeness (QED) is 0.427. The summed E-state index contributed by atoms with van der Waals surface area (Å²) in [5.41, 5.74) is 2.14. The molecular formula is C27H29N3O4S. The summed E-state index contributed by atoms with van der Waals surface area (Å²) >= 11 is 0. The minimum Gasteiger partial charge on any atom is -0.439 e. The normalized spacial score (nSPS) is 16.5. The molecule has 1 amide bonds. The van der Waals surface area contributed by atoms with Crippen molar-refractivity contribution >= 4 is 21.6 Å². The molecule has 35 heavy (non-hydrogen) atoms. The molecule has 0 unspecified atom stereocenters.